The van der Waals surface area contributed by atoms with Gasteiger partial charge in [-0.3, -0.25) is 15.0 Å². The summed E-state index contributed by atoms with van der Waals surface area (Å²) in [6, 6.07) is 63.9. The molecular formula is C72H51Cl6N5O3Si3. The predicted octanol–water partition coefficient (Wildman–Crippen LogP) is 19.0. The number of aryl methyl sites for hydroxylation is 2. The SMILES string of the molecule is CO[Si](OC)(OC)c1cnc2c(ccc3c(C)ccnc32)c1C.Cl[Si](Cl)(Cl)c1ccc2cc3cc4cc5ccc(-c6ccc7c(ccc8cccnc87)c6)cc5cc4cc3cc2c1.Cl[Si](Cl)(Cl)c1ccc2nc3c(ccc4cc5ccccc5nc43)cc2c1. The molecule has 11 aromatic carbocycles. The molecule has 16 aromatic rings. The first-order valence-electron chi connectivity index (χ1n) is 28.6. The maximum atomic E-state index is 6.29. The van der Waals surface area contributed by atoms with Crippen LogP contribution in [0.25, 0.3) is 141 Å². The summed E-state index contributed by atoms with van der Waals surface area (Å²) in [7, 11) is 1.90. The third kappa shape index (κ3) is 11.1. The van der Waals surface area contributed by atoms with E-state index in [2.05, 4.69) is 161 Å². The second-order valence-electron chi connectivity index (χ2n) is 22.2. The van der Waals surface area contributed by atoms with E-state index in [-0.39, 0.29) is 0 Å². The highest BCUT2D eigenvalue weighted by Gasteiger charge is 2.43. The first kappa shape index (κ1) is 59.2. The van der Waals surface area contributed by atoms with Gasteiger partial charge in [0, 0.05) is 88.2 Å². The third-order valence-corrected chi connectivity index (χ3v) is 25.6. The Kier molecular flexibility index (Phi) is 15.6. The fourth-order valence-electron chi connectivity index (χ4n) is 12.3. The van der Waals surface area contributed by atoms with Crippen molar-refractivity contribution in [3.05, 3.63) is 230 Å². The molecule has 0 N–H and O–H groups in total. The van der Waals surface area contributed by atoms with E-state index in [4.69, 9.17) is 89.7 Å². The number of rotatable bonds is 7. The molecule has 0 aliphatic heterocycles. The van der Waals surface area contributed by atoms with Crippen molar-refractivity contribution in [2.24, 2.45) is 0 Å². The molecule has 8 nitrogen and oxygen atoms in total. The maximum absolute atomic E-state index is 6.29. The summed E-state index contributed by atoms with van der Waals surface area (Å²) >= 11 is 37.3. The molecule has 0 spiro atoms. The lowest BCUT2D eigenvalue weighted by atomic mass is 9.95. The van der Waals surface area contributed by atoms with Crippen molar-refractivity contribution in [2.45, 2.75) is 13.8 Å². The summed E-state index contributed by atoms with van der Waals surface area (Å²) in [5.74, 6) is 0. The standard InChI is InChI=1S/C35H20Cl3NSi.C20H11Cl3N2Si.C17H20N2O3Si/c36-40(37,38)33-9-7-25-15-29-17-28-14-24-5-4-22(13-27(24)16-30(28)18-31(29)19-32(25)20-33)23-8-10-34-26(12-23)6-3-21-2-1-11-39-35(21)34;21-26(22,23)16-7-8-18-15(11-16)10-14-6-5-13-9-12-3-1-2-4-17(12)24-19(13)20(14)25-18;1-11-8-9-18-16-13(11)6-7-14-12(2)15(10-19-17(14)16)23(20-3,21-4)22-5/h1-20H;1-11H;6-10H,1-5H3. The number of aromatic nitrogens is 5. The molecule has 17 heteroatoms. The molecule has 0 bridgehead atoms. The summed E-state index contributed by atoms with van der Waals surface area (Å²) in [6.45, 7) is 4.12. The number of pyridine rings is 5. The van der Waals surface area contributed by atoms with Gasteiger partial charge in [0.15, 0.2) is 0 Å². The van der Waals surface area contributed by atoms with Crippen LogP contribution in [-0.4, -0.2) is 67.1 Å². The quantitative estimate of drug-likeness (QED) is 0.0674. The van der Waals surface area contributed by atoms with Crippen molar-refractivity contribution in [2.75, 3.05) is 21.3 Å². The van der Waals surface area contributed by atoms with Gasteiger partial charge in [-0.15, -0.1) is 66.5 Å². The molecule has 0 unspecified atom stereocenters. The number of nitrogens with zero attached hydrogens (tertiary/aromatic N) is 5. The summed E-state index contributed by atoms with van der Waals surface area (Å²) in [4.78, 5) is 23.5. The first-order chi connectivity index (χ1) is 42.9. The minimum atomic E-state index is -2.94. The number of benzene rings is 11. The molecule has 0 aliphatic rings. The van der Waals surface area contributed by atoms with E-state index < -0.39 is 20.8 Å². The van der Waals surface area contributed by atoms with E-state index in [1.165, 1.54) is 59.8 Å². The van der Waals surface area contributed by atoms with E-state index in [0.29, 0.717) is 0 Å². The molecule has 436 valence electrons. The molecule has 0 saturated carbocycles. The Morgan fingerprint density at radius 1 is 0.326 bits per heavy atom. The van der Waals surface area contributed by atoms with Gasteiger partial charge in [0.25, 0.3) is 0 Å². The molecule has 0 saturated heterocycles. The molecule has 5 heterocycles. The van der Waals surface area contributed by atoms with Gasteiger partial charge in [-0.1, -0.05) is 109 Å². The Balaban J connectivity index is 0.000000123. The molecule has 0 atom stereocenters. The second-order valence-corrected chi connectivity index (χ2v) is 41.9. The molecule has 0 radical (unpaired) electrons. The zero-order chi connectivity index (χ0) is 61.5. The third-order valence-electron chi connectivity index (χ3n) is 16.9. The van der Waals surface area contributed by atoms with Gasteiger partial charge < -0.3 is 13.3 Å². The second kappa shape index (κ2) is 23.4. The van der Waals surface area contributed by atoms with E-state index in [9.17, 15) is 0 Å². The van der Waals surface area contributed by atoms with Crippen LogP contribution in [0.15, 0.2) is 219 Å². The van der Waals surface area contributed by atoms with Crippen LogP contribution >= 0.6 is 66.5 Å². The minimum Gasteiger partial charge on any atom is -0.373 e. The van der Waals surface area contributed by atoms with Gasteiger partial charge in [-0.05, 0) is 186 Å². The van der Waals surface area contributed by atoms with Crippen LogP contribution in [0.4, 0.5) is 0 Å². The summed E-state index contributed by atoms with van der Waals surface area (Å²) in [5, 5.41) is 21.8. The highest BCUT2D eigenvalue weighted by Crippen LogP contribution is 2.36. The smallest absolute Gasteiger partial charge is 0.373 e. The fourth-order valence-corrected chi connectivity index (χ4v) is 17.5. The molecule has 5 aromatic heterocycles. The Morgan fingerprint density at radius 3 is 1.45 bits per heavy atom. The van der Waals surface area contributed by atoms with Crippen molar-refractivity contribution in [3.8, 4) is 11.1 Å². The van der Waals surface area contributed by atoms with Crippen LogP contribution in [-0.2, 0) is 13.3 Å². The van der Waals surface area contributed by atoms with E-state index in [0.717, 1.165) is 108 Å². The highest BCUT2D eigenvalue weighted by molar-refractivity contribution is 7.70. The normalized spacial score (nSPS) is 12.3. The van der Waals surface area contributed by atoms with Crippen molar-refractivity contribution >= 4 is 233 Å². The predicted molar refractivity (Wildman–Crippen MR) is 386 cm³/mol. The molecule has 0 amide bonds. The molecular weight excluding hydrogens is 1280 g/mol. The Labute approximate surface area is 543 Å². The van der Waals surface area contributed by atoms with Crippen molar-refractivity contribution in [1.29, 1.82) is 0 Å². The number of fused-ring (bicyclic) bond motifs is 15. The Morgan fingerprint density at radius 2 is 0.787 bits per heavy atom. The van der Waals surface area contributed by atoms with Crippen LogP contribution in [0, 0.1) is 13.8 Å². The van der Waals surface area contributed by atoms with Crippen molar-refractivity contribution in [1.82, 2.24) is 24.9 Å². The lowest BCUT2D eigenvalue weighted by Gasteiger charge is -2.26. The molecule has 89 heavy (non-hydrogen) atoms. The van der Waals surface area contributed by atoms with Crippen LogP contribution < -0.4 is 15.6 Å². The monoisotopic (exact) mass is 1330 g/mol. The molecule has 0 fully saturated rings. The zero-order valence-electron chi connectivity index (χ0n) is 48.5. The van der Waals surface area contributed by atoms with Crippen molar-refractivity contribution < 1.29 is 13.3 Å². The van der Waals surface area contributed by atoms with Gasteiger partial charge in [0.2, 0.25) is 0 Å². The van der Waals surface area contributed by atoms with Crippen LogP contribution in [0.5, 0.6) is 0 Å². The van der Waals surface area contributed by atoms with Crippen molar-refractivity contribution in [3.63, 3.8) is 0 Å². The average molecular weight is 1330 g/mol. The highest BCUT2D eigenvalue weighted by atomic mass is 35.8. The van der Waals surface area contributed by atoms with Crippen LogP contribution in [0.3, 0.4) is 0 Å². The number of para-hydroxylation sites is 1. The number of hydrogen-bond donors (Lipinski definition) is 0. The maximum Gasteiger partial charge on any atom is 0.538 e. The average Bonchev–Trinajstić information content (AvgIpc) is 1.21. The Bertz CT molecular complexity index is 5570. The topological polar surface area (TPSA) is 92.1 Å². The number of hydrogen-bond acceptors (Lipinski definition) is 8. The summed E-state index contributed by atoms with van der Waals surface area (Å²) in [5.41, 5.74) is 11.1. The van der Waals surface area contributed by atoms with E-state index in [1.54, 1.807) is 27.5 Å². The van der Waals surface area contributed by atoms with Gasteiger partial charge >= 0.3 is 20.8 Å². The minimum absolute atomic E-state index is 0.765. The Hall–Kier alpha value is -7.44. The van der Waals surface area contributed by atoms with E-state index >= 15 is 0 Å². The lowest BCUT2D eigenvalue weighted by molar-refractivity contribution is 0.140. The van der Waals surface area contributed by atoms with Crippen LogP contribution in [0.2, 0.25) is 0 Å². The number of halogens is 6. The van der Waals surface area contributed by atoms with Gasteiger partial charge in [-0.2, -0.15) is 0 Å². The van der Waals surface area contributed by atoms with Gasteiger partial charge in [0.05, 0.1) is 38.6 Å². The lowest BCUT2D eigenvalue weighted by Crippen LogP contribution is -2.55. The molecule has 0 aliphatic carbocycles. The summed E-state index contributed by atoms with van der Waals surface area (Å²) < 4.78 is 16.8. The van der Waals surface area contributed by atoms with E-state index in [1.807, 2.05) is 80.0 Å². The van der Waals surface area contributed by atoms with Gasteiger partial charge in [0.1, 0.15) is 0 Å². The van der Waals surface area contributed by atoms with Crippen LogP contribution in [0.1, 0.15) is 11.1 Å². The van der Waals surface area contributed by atoms with Gasteiger partial charge in [-0.25, -0.2) is 9.97 Å². The summed E-state index contributed by atoms with van der Waals surface area (Å²) in [6.07, 6.45) is 5.47. The zero-order valence-corrected chi connectivity index (χ0v) is 56.0. The fraction of sp³-hybridized carbons (Fsp3) is 0.0694. The molecule has 16 rings (SSSR count). The largest absolute Gasteiger partial charge is 0.538 e. The first-order valence-corrected chi connectivity index (χ1v) is 40.4.